The minimum absolute atomic E-state index is 0.0744. The third kappa shape index (κ3) is 1.64. The van der Waals surface area contributed by atoms with Crippen molar-refractivity contribution in [3.05, 3.63) is 36.0 Å². The van der Waals surface area contributed by atoms with Crippen LogP contribution in [0.4, 0.5) is 0 Å². The fraction of sp³-hybridized carbons (Fsp3) is 0.300. The second-order valence-electron chi connectivity index (χ2n) is 3.05. The van der Waals surface area contributed by atoms with E-state index in [9.17, 15) is 4.79 Å². The molecule has 0 aliphatic carbocycles. The Morgan fingerprint density at radius 1 is 1.46 bits per heavy atom. The summed E-state index contributed by atoms with van der Waals surface area (Å²) in [6.07, 6.45) is 2.98. The molecular formula is C10H10O3. The van der Waals surface area contributed by atoms with E-state index < -0.39 is 0 Å². The van der Waals surface area contributed by atoms with Crippen LogP contribution in [0.5, 0.6) is 0 Å². The first-order valence-electron chi connectivity index (χ1n) is 4.17. The molecule has 3 heteroatoms. The molecule has 0 N–H and O–H groups in total. The van der Waals surface area contributed by atoms with Gasteiger partial charge in [-0.1, -0.05) is 0 Å². The van der Waals surface area contributed by atoms with Crippen LogP contribution >= 0.6 is 0 Å². The lowest BCUT2D eigenvalue weighted by Crippen LogP contribution is -2.10. The van der Waals surface area contributed by atoms with Gasteiger partial charge in [0, 0.05) is 6.08 Å². The molecule has 0 bridgehead atoms. The molecule has 0 fully saturated rings. The molecule has 13 heavy (non-hydrogen) atoms. The molecule has 0 amide bonds. The lowest BCUT2D eigenvalue weighted by atomic mass is 10.1. The molecular weight excluding hydrogens is 168 g/mol. The van der Waals surface area contributed by atoms with Crippen molar-refractivity contribution in [1.82, 2.24) is 0 Å². The predicted octanol–water partition coefficient (Wildman–Crippen LogP) is 2.13. The van der Waals surface area contributed by atoms with Crippen molar-refractivity contribution in [2.75, 3.05) is 0 Å². The summed E-state index contributed by atoms with van der Waals surface area (Å²) in [6.45, 7) is 1.87. The van der Waals surface area contributed by atoms with Crippen molar-refractivity contribution in [1.29, 1.82) is 0 Å². The van der Waals surface area contributed by atoms with Gasteiger partial charge in [0.1, 0.15) is 11.5 Å². The lowest BCUT2D eigenvalue weighted by molar-refractivity contribution is -0.118. The van der Waals surface area contributed by atoms with Gasteiger partial charge in [0.15, 0.2) is 11.9 Å². The van der Waals surface area contributed by atoms with E-state index in [2.05, 4.69) is 0 Å². The third-order valence-corrected chi connectivity index (χ3v) is 1.96. The molecule has 1 atom stereocenters. The number of allylic oxidation sites excluding steroid dienone is 1. The molecule has 0 spiro atoms. The zero-order chi connectivity index (χ0) is 9.26. The van der Waals surface area contributed by atoms with E-state index in [1.54, 1.807) is 0 Å². The molecule has 2 rings (SSSR count). The monoisotopic (exact) mass is 178 g/mol. The van der Waals surface area contributed by atoms with Gasteiger partial charge in [-0.25, -0.2) is 0 Å². The van der Waals surface area contributed by atoms with Gasteiger partial charge in [-0.3, -0.25) is 4.79 Å². The minimum atomic E-state index is -0.244. The van der Waals surface area contributed by atoms with Crippen LogP contribution in [-0.4, -0.2) is 5.78 Å². The molecule has 1 unspecified atom stereocenters. The van der Waals surface area contributed by atoms with Crippen LogP contribution in [0, 0.1) is 6.92 Å². The topological polar surface area (TPSA) is 39.4 Å². The minimum Gasteiger partial charge on any atom is -0.489 e. The van der Waals surface area contributed by atoms with Gasteiger partial charge >= 0.3 is 0 Å². The number of aryl methyl sites for hydroxylation is 1. The Morgan fingerprint density at radius 3 is 2.92 bits per heavy atom. The Balaban J connectivity index is 2.18. The van der Waals surface area contributed by atoms with Crippen molar-refractivity contribution in [2.45, 2.75) is 19.4 Å². The molecule has 1 aliphatic rings. The van der Waals surface area contributed by atoms with Gasteiger partial charge in [0.05, 0.1) is 12.7 Å². The molecule has 0 saturated heterocycles. The van der Waals surface area contributed by atoms with E-state index in [1.165, 1.54) is 12.3 Å². The second-order valence-corrected chi connectivity index (χ2v) is 3.05. The predicted molar refractivity (Wildman–Crippen MR) is 46.0 cm³/mol. The first kappa shape index (κ1) is 8.10. The summed E-state index contributed by atoms with van der Waals surface area (Å²) in [5, 5.41) is 0. The van der Waals surface area contributed by atoms with Crippen molar-refractivity contribution in [3.63, 3.8) is 0 Å². The zero-order valence-electron chi connectivity index (χ0n) is 7.32. The van der Waals surface area contributed by atoms with E-state index in [0.717, 1.165) is 11.5 Å². The third-order valence-electron chi connectivity index (χ3n) is 1.96. The Morgan fingerprint density at radius 2 is 2.31 bits per heavy atom. The smallest absolute Gasteiger partial charge is 0.162 e. The molecule has 0 radical (unpaired) electrons. The van der Waals surface area contributed by atoms with Gasteiger partial charge in [0.25, 0.3) is 0 Å². The van der Waals surface area contributed by atoms with Crippen molar-refractivity contribution in [2.24, 2.45) is 0 Å². The molecule has 2 heterocycles. The normalized spacial score (nSPS) is 21.6. The van der Waals surface area contributed by atoms with Gasteiger partial charge in [0.2, 0.25) is 0 Å². The average Bonchev–Trinajstić information content (AvgIpc) is 2.52. The van der Waals surface area contributed by atoms with E-state index in [4.69, 9.17) is 9.15 Å². The molecule has 1 aliphatic heterocycles. The highest BCUT2D eigenvalue weighted by molar-refractivity contribution is 5.90. The Bertz CT molecular complexity index is 349. The van der Waals surface area contributed by atoms with Gasteiger partial charge in [-0.05, 0) is 19.1 Å². The Kier molecular flexibility index (Phi) is 1.93. The number of furan rings is 1. The highest BCUT2D eigenvalue weighted by Crippen LogP contribution is 2.26. The Labute approximate surface area is 76.0 Å². The second kappa shape index (κ2) is 3.09. The summed E-state index contributed by atoms with van der Waals surface area (Å²) in [7, 11) is 0. The summed E-state index contributed by atoms with van der Waals surface area (Å²) < 4.78 is 10.6. The molecule has 3 nitrogen and oxygen atoms in total. The highest BCUT2D eigenvalue weighted by atomic mass is 16.5. The van der Waals surface area contributed by atoms with E-state index >= 15 is 0 Å². The zero-order valence-corrected chi connectivity index (χ0v) is 7.32. The van der Waals surface area contributed by atoms with Gasteiger partial charge in [-0.15, -0.1) is 0 Å². The van der Waals surface area contributed by atoms with Gasteiger partial charge in [-0.2, -0.15) is 0 Å². The standard InChI is InChI=1S/C10H10O3/c1-7-2-3-9(13-7)10-6-8(11)4-5-12-10/h2-5,10H,6H2,1H3. The fourth-order valence-electron chi connectivity index (χ4n) is 1.30. The first-order chi connectivity index (χ1) is 6.25. The number of carbonyl (C=O) groups is 1. The van der Waals surface area contributed by atoms with Crippen molar-refractivity contribution >= 4 is 5.78 Å². The van der Waals surface area contributed by atoms with Crippen LogP contribution < -0.4 is 0 Å². The summed E-state index contributed by atoms with van der Waals surface area (Å²) in [4.78, 5) is 11.0. The SMILES string of the molecule is Cc1ccc(C2CC(=O)C=CO2)o1. The van der Waals surface area contributed by atoms with Crippen LogP contribution in [0.25, 0.3) is 0 Å². The molecule has 1 aromatic heterocycles. The molecule has 0 aromatic carbocycles. The van der Waals surface area contributed by atoms with E-state index in [0.29, 0.717) is 6.42 Å². The lowest BCUT2D eigenvalue weighted by Gasteiger charge is -2.15. The quantitative estimate of drug-likeness (QED) is 0.661. The van der Waals surface area contributed by atoms with Crippen LogP contribution in [-0.2, 0) is 9.53 Å². The molecule has 1 aromatic rings. The summed E-state index contributed by atoms with van der Waals surface area (Å²) >= 11 is 0. The average molecular weight is 178 g/mol. The Hall–Kier alpha value is -1.51. The number of rotatable bonds is 1. The number of hydrogen-bond acceptors (Lipinski definition) is 3. The number of hydrogen-bond donors (Lipinski definition) is 0. The van der Waals surface area contributed by atoms with Crippen molar-refractivity contribution in [3.8, 4) is 0 Å². The number of carbonyl (C=O) groups excluding carboxylic acids is 1. The highest BCUT2D eigenvalue weighted by Gasteiger charge is 2.21. The van der Waals surface area contributed by atoms with Gasteiger partial charge < -0.3 is 9.15 Å². The fourth-order valence-corrected chi connectivity index (χ4v) is 1.30. The van der Waals surface area contributed by atoms with Crippen LogP contribution in [0.1, 0.15) is 24.0 Å². The maximum Gasteiger partial charge on any atom is 0.162 e. The van der Waals surface area contributed by atoms with E-state index in [1.807, 2.05) is 19.1 Å². The molecule has 0 saturated carbocycles. The van der Waals surface area contributed by atoms with Crippen LogP contribution in [0.2, 0.25) is 0 Å². The van der Waals surface area contributed by atoms with Crippen LogP contribution in [0.15, 0.2) is 28.9 Å². The molecule has 68 valence electrons. The summed E-state index contributed by atoms with van der Waals surface area (Å²) in [5.41, 5.74) is 0. The first-order valence-corrected chi connectivity index (χ1v) is 4.17. The largest absolute Gasteiger partial charge is 0.489 e. The number of ketones is 1. The maximum absolute atomic E-state index is 11.0. The summed E-state index contributed by atoms with van der Waals surface area (Å²) in [6, 6.07) is 3.70. The maximum atomic E-state index is 11.0. The summed E-state index contributed by atoms with van der Waals surface area (Å²) in [5.74, 6) is 1.63. The van der Waals surface area contributed by atoms with Crippen LogP contribution in [0.3, 0.4) is 0 Å². The van der Waals surface area contributed by atoms with Crippen molar-refractivity contribution < 1.29 is 13.9 Å². The van der Waals surface area contributed by atoms with E-state index in [-0.39, 0.29) is 11.9 Å². The number of ether oxygens (including phenoxy) is 1.